The minimum absolute atomic E-state index is 0.0125. The van der Waals surface area contributed by atoms with Gasteiger partial charge in [0.25, 0.3) is 0 Å². The lowest BCUT2D eigenvalue weighted by Gasteiger charge is -2.03. The molecule has 0 aliphatic carbocycles. The smallest absolute Gasteiger partial charge is 0.385 e. The number of sulfonamides is 1. The van der Waals surface area contributed by atoms with Crippen LogP contribution in [-0.4, -0.2) is 33.8 Å². The molecule has 0 aliphatic heterocycles. The molecule has 0 atom stereocenters. The zero-order valence-electron chi connectivity index (χ0n) is 11.9. The minimum atomic E-state index is -4.64. The van der Waals surface area contributed by atoms with Crippen LogP contribution in [-0.2, 0) is 20.9 Å². The van der Waals surface area contributed by atoms with Crippen LogP contribution in [0.3, 0.4) is 0 Å². The molecule has 2 rings (SSSR count). The molecule has 0 amide bonds. The summed E-state index contributed by atoms with van der Waals surface area (Å²) in [6, 6.07) is 3.42. The van der Waals surface area contributed by atoms with Gasteiger partial charge in [-0.05, 0) is 18.6 Å². The molecule has 2 heterocycles. The minimum Gasteiger partial charge on any atom is -0.385 e. The molecule has 128 valence electrons. The Balaban J connectivity index is 2.12. The Bertz CT molecular complexity index is 752. The van der Waals surface area contributed by atoms with Crippen molar-refractivity contribution in [2.24, 2.45) is 0 Å². The largest absolute Gasteiger partial charge is 0.452 e. The summed E-state index contributed by atoms with van der Waals surface area (Å²) < 4.78 is 72.9. The molecule has 0 saturated heterocycles. The molecule has 0 saturated carbocycles. The molecule has 0 bridgehead atoms. The number of nitrogens with zero attached hydrogens (tertiary/aromatic N) is 1. The number of nitrogens with one attached hydrogen (secondary N) is 1. The summed E-state index contributed by atoms with van der Waals surface area (Å²) in [7, 11) is -2.21. The maximum Gasteiger partial charge on any atom is 0.452 e. The second-order valence-electron chi connectivity index (χ2n) is 4.44. The van der Waals surface area contributed by atoms with Crippen LogP contribution in [0.5, 0.6) is 0 Å². The van der Waals surface area contributed by atoms with Gasteiger partial charge in [-0.3, -0.25) is 0 Å². The van der Waals surface area contributed by atoms with Gasteiger partial charge in [-0.1, -0.05) is 5.16 Å². The van der Waals surface area contributed by atoms with Gasteiger partial charge in [-0.15, -0.1) is 11.3 Å². The number of rotatable bonds is 7. The number of methoxy groups -OCH3 is 1. The quantitative estimate of drug-likeness (QED) is 0.758. The summed E-state index contributed by atoms with van der Waals surface area (Å²) >= 11 is 0.809. The lowest BCUT2D eigenvalue weighted by atomic mass is 10.3. The number of aromatic nitrogens is 1. The van der Waals surface area contributed by atoms with Gasteiger partial charge >= 0.3 is 6.18 Å². The summed E-state index contributed by atoms with van der Waals surface area (Å²) in [6.07, 6.45) is -4.13. The summed E-state index contributed by atoms with van der Waals surface area (Å²) in [4.78, 5) is 0.265. The third-order valence-corrected chi connectivity index (χ3v) is 5.77. The van der Waals surface area contributed by atoms with Crippen molar-refractivity contribution in [3.63, 3.8) is 0 Å². The topological polar surface area (TPSA) is 81.4 Å². The second-order valence-corrected chi connectivity index (χ2v) is 7.51. The predicted octanol–water partition coefficient (Wildman–Crippen LogP) is 2.74. The summed E-state index contributed by atoms with van der Waals surface area (Å²) in [6.45, 7) is 0.614. The Morgan fingerprint density at radius 3 is 2.74 bits per heavy atom. The van der Waals surface area contributed by atoms with E-state index in [1.165, 1.54) is 19.2 Å². The maximum atomic E-state index is 12.5. The zero-order chi connectivity index (χ0) is 17.1. The third kappa shape index (κ3) is 4.53. The molecule has 0 fully saturated rings. The first-order valence-electron chi connectivity index (χ1n) is 6.37. The fourth-order valence-electron chi connectivity index (χ4n) is 1.62. The molecule has 0 radical (unpaired) electrons. The van der Waals surface area contributed by atoms with E-state index in [-0.39, 0.29) is 21.3 Å². The van der Waals surface area contributed by atoms with E-state index in [0.717, 1.165) is 17.4 Å². The monoisotopic (exact) mass is 370 g/mol. The highest BCUT2D eigenvalue weighted by Crippen LogP contribution is 2.35. The molecular formula is C12H13F3N2O4S2. The van der Waals surface area contributed by atoms with Crippen LogP contribution in [0.1, 0.15) is 12.2 Å². The van der Waals surface area contributed by atoms with Crippen molar-refractivity contribution >= 4 is 21.4 Å². The molecule has 6 nitrogen and oxygen atoms in total. The number of hydrogen-bond acceptors (Lipinski definition) is 6. The van der Waals surface area contributed by atoms with E-state index in [1.807, 2.05) is 0 Å². The van der Waals surface area contributed by atoms with E-state index in [0.29, 0.717) is 13.0 Å². The van der Waals surface area contributed by atoms with Crippen molar-refractivity contribution < 1.29 is 30.8 Å². The number of halogens is 3. The van der Waals surface area contributed by atoms with E-state index in [2.05, 4.69) is 14.4 Å². The van der Waals surface area contributed by atoms with Gasteiger partial charge in [-0.2, -0.15) is 13.2 Å². The Kier molecular flexibility index (Phi) is 5.45. The van der Waals surface area contributed by atoms with Crippen LogP contribution in [0.4, 0.5) is 13.2 Å². The van der Waals surface area contributed by atoms with Crippen molar-refractivity contribution in [1.29, 1.82) is 0 Å². The van der Waals surface area contributed by atoms with E-state index in [4.69, 9.17) is 4.74 Å². The first-order valence-corrected chi connectivity index (χ1v) is 8.67. The highest BCUT2D eigenvalue weighted by molar-refractivity contribution is 7.91. The van der Waals surface area contributed by atoms with Crippen LogP contribution in [0.25, 0.3) is 10.6 Å². The SMILES string of the molecule is COCCCNS(=O)(=O)c1ccc(-c2cc(C(F)(F)F)on2)s1. The first-order chi connectivity index (χ1) is 10.7. The van der Waals surface area contributed by atoms with E-state index in [9.17, 15) is 21.6 Å². The fraction of sp³-hybridized carbons (Fsp3) is 0.417. The molecule has 0 spiro atoms. The zero-order valence-corrected chi connectivity index (χ0v) is 13.5. The molecule has 11 heteroatoms. The molecular weight excluding hydrogens is 357 g/mol. The van der Waals surface area contributed by atoms with Gasteiger partial charge in [0.15, 0.2) is 0 Å². The first kappa shape index (κ1) is 17.9. The van der Waals surface area contributed by atoms with E-state index in [1.54, 1.807) is 0 Å². The number of alkyl halides is 3. The van der Waals surface area contributed by atoms with Gasteiger partial charge in [0, 0.05) is 26.3 Å². The van der Waals surface area contributed by atoms with Crippen LogP contribution >= 0.6 is 11.3 Å². The van der Waals surface area contributed by atoms with Crippen molar-refractivity contribution in [3.05, 3.63) is 24.0 Å². The number of thiophene rings is 1. The summed E-state index contributed by atoms with van der Waals surface area (Å²) in [5, 5.41) is 3.32. The van der Waals surface area contributed by atoms with Gasteiger partial charge < -0.3 is 9.26 Å². The lowest BCUT2D eigenvalue weighted by Crippen LogP contribution is -2.24. The normalized spacial score (nSPS) is 12.7. The molecule has 0 aromatic carbocycles. The Labute approximate surface area is 134 Å². The molecule has 2 aromatic heterocycles. The van der Waals surface area contributed by atoms with Gasteiger partial charge in [0.05, 0.1) is 4.88 Å². The molecule has 2 aromatic rings. The second kappa shape index (κ2) is 6.99. The molecule has 0 unspecified atom stereocenters. The van der Waals surface area contributed by atoms with Crippen molar-refractivity contribution in [2.45, 2.75) is 16.8 Å². The number of hydrogen-bond donors (Lipinski definition) is 1. The molecule has 1 N–H and O–H groups in total. The molecule has 23 heavy (non-hydrogen) atoms. The van der Waals surface area contributed by atoms with E-state index >= 15 is 0 Å². The van der Waals surface area contributed by atoms with Gasteiger partial charge in [0.1, 0.15) is 9.90 Å². The van der Waals surface area contributed by atoms with Crippen molar-refractivity contribution in [1.82, 2.24) is 9.88 Å². The summed E-state index contributed by atoms with van der Waals surface area (Å²) in [5.74, 6) is -1.23. The Hall–Kier alpha value is -1.43. The predicted molar refractivity (Wildman–Crippen MR) is 76.5 cm³/mol. The maximum absolute atomic E-state index is 12.5. The van der Waals surface area contributed by atoms with Gasteiger partial charge in [0.2, 0.25) is 15.8 Å². The van der Waals surface area contributed by atoms with Crippen molar-refractivity contribution in [2.75, 3.05) is 20.3 Å². The average Bonchev–Trinajstić information content (AvgIpc) is 3.10. The molecule has 0 aliphatic rings. The van der Waals surface area contributed by atoms with Crippen LogP contribution < -0.4 is 4.72 Å². The van der Waals surface area contributed by atoms with Gasteiger partial charge in [-0.25, -0.2) is 13.1 Å². The Morgan fingerprint density at radius 1 is 1.39 bits per heavy atom. The van der Waals surface area contributed by atoms with Crippen LogP contribution in [0, 0.1) is 0 Å². The number of ether oxygens (including phenoxy) is 1. The lowest BCUT2D eigenvalue weighted by molar-refractivity contribution is -0.155. The van der Waals surface area contributed by atoms with Crippen LogP contribution in [0.15, 0.2) is 26.9 Å². The third-order valence-electron chi connectivity index (χ3n) is 2.71. The van der Waals surface area contributed by atoms with E-state index < -0.39 is 22.0 Å². The highest BCUT2D eigenvalue weighted by Gasteiger charge is 2.36. The highest BCUT2D eigenvalue weighted by atomic mass is 32.2. The average molecular weight is 370 g/mol. The van der Waals surface area contributed by atoms with Crippen molar-refractivity contribution in [3.8, 4) is 10.6 Å². The standard InChI is InChI=1S/C12H13F3N2O4S2/c1-20-6-2-5-16-23(18,19)11-4-3-9(22-11)8-7-10(21-17-8)12(13,14)15/h3-4,7,16H,2,5-6H2,1H3. The fourth-order valence-corrected chi connectivity index (χ4v) is 4.00. The Morgan fingerprint density at radius 2 is 2.13 bits per heavy atom. The van der Waals surface area contributed by atoms with Crippen LogP contribution in [0.2, 0.25) is 0 Å². The summed E-state index contributed by atoms with van der Waals surface area (Å²) in [5.41, 5.74) is -0.0665.